The first-order chi connectivity index (χ1) is 16.3. The number of nitrogen functional groups attached to an aromatic ring is 1. The SMILES string of the molecule is COC1CC(N)CCN(c2c(NC(=O)Cc3nc(-c4c(F)cccc4F)sc3N)cnn2C)C1. The van der Waals surface area contributed by atoms with Gasteiger partial charge >= 0.3 is 0 Å². The first kappa shape index (κ1) is 24.0. The third-order valence-corrected chi connectivity index (χ3v) is 6.75. The number of thiazole rings is 1. The molecule has 0 aliphatic carbocycles. The zero-order chi connectivity index (χ0) is 24.4. The van der Waals surface area contributed by atoms with Crippen LogP contribution in [-0.2, 0) is 23.0 Å². The Morgan fingerprint density at radius 1 is 1.35 bits per heavy atom. The Kier molecular flexibility index (Phi) is 7.10. The molecule has 1 aliphatic heterocycles. The fourth-order valence-electron chi connectivity index (χ4n) is 4.09. The number of nitrogens with one attached hydrogen (secondary N) is 1. The van der Waals surface area contributed by atoms with Crippen LogP contribution in [0.4, 0.5) is 25.3 Å². The van der Waals surface area contributed by atoms with E-state index in [1.54, 1.807) is 25.0 Å². The molecule has 9 nitrogen and oxygen atoms in total. The number of hydrogen-bond acceptors (Lipinski definition) is 8. The molecule has 0 spiro atoms. The number of ether oxygens (including phenoxy) is 1. The molecule has 1 saturated heterocycles. The lowest BCUT2D eigenvalue weighted by atomic mass is 10.1. The highest BCUT2D eigenvalue weighted by molar-refractivity contribution is 7.18. The van der Waals surface area contributed by atoms with Gasteiger partial charge in [-0.25, -0.2) is 13.8 Å². The molecular formula is C22H27F2N7O2S. The highest BCUT2D eigenvalue weighted by Crippen LogP contribution is 2.34. The molecule has 4 rings (SSSR count). The molecule has 3 aromatic rings. The van der Waals surface area contributed by atoms with E-state index in [9.17, 15) is 13.6 Å². The van der Waals surface area contributed by atoms with Gasteiger partial charge in [0.1, 0.15) is 27.3 Å². The predicted molar refractivity (Wildman–Crippen MR) is 128 cm³/mol. The Labute approximate surface area is 199 Å². The van der Waals surface area contributed by atoms with Crippen LogP contribution < -0.4 is 21.7 Å². The van der Waals surface area contributed by atoms with Crippen LogP contribution in [0.25, 0.3) is 10.6 Å². The normalized spacial score (nSPS) is 18.7. The van der Waals surface area contributed by atoms with E-state index >= 15 is 0 Å². The lowest BCUT2D eigenvalue weighted by molar-refractivity contribution is -0.115. The van der Waals surface area contributed by atoms with Crippen LogP contribution in [0.5, 0.6) is 0 Å². The summed E-state index contributed by atoms with van der Waals surface area (Å²) in [5.74, 6) is -1.11. The van der Waals surface area contributed by atoms with Gasteiger partial charge in [-0.1, -0.05) is 17.4 Å². The minimum atomic E-state index is -0.740. The lowest BCUT2D eigenvalue weighted by Crippen LogP contribution is -2.34. The summed E-state index contributed by atoms with van der Waals surface area (Å²) in [5.41, 5.74) is 12.7. The molecule has 0 bridgehead atoms. The molecule has 2 aromatic heterocycles. The van der Waals surface area contributed by atoms with Gasteiger partial charge in [0.15, 0.2) is 5.82 Å². The Balaban J connectivity index is 1.51. The summed E-state index contributed by atoms with van der Waals surface area (Å²) in [6.45, 7) is 1.31. The number of nitrogens with two attached hydrogens (primary N) is 2. The lowest BCUT2D eigenvalue weighted by Gasteiger charge is -2.26. The van der Waals surface area contributed by atoms with Crippen LogP contribution in [0.3, 0.4) is 0 Å². The fourth-order valence-corrected chi connectivity index (χ4v) is 4.99. The summed E-state index contributed by atoms with van der Waals surface area (Å²) in [7, 11) is 3.46. The zero-order valence-electron chi connectivity index (χ0n) is 18.9. The van der Waals surface area contributed by atoms with E-state index in [-0.39, 0.29) is 45.7 Å². The number of methoxy groups -OCH3 is 1. The minimum Gasteiger partial charge on any atom is -0.389 e. The van der Waals surface area contributed by atoms with Crippen LogP contribution >= 0.6 is 11.3 Å². The molecule has 12 heteroatoms. The summed E-state index contributed by atoms with van der Waals surface area (Å²) in [6, 6.07) is 3.60. The number of halogens is 2. The summed E-state index contributed by atoms with van der Waals surface area (Å²) in [5, 5.41) is 7.48. The van der Waals surface area contributed by atoms with Gasteiger partial charge in [0, 0.05) is 33.3 Å². The third-order valence-electron chi connectivity index (χ3n) is 5.81. The van der Waals surface area contributed by atoms with Crippen LogP contribution in [0.15, 0.2) is 24.4 Å². The van der Waals surface area contributed by atoms with E-state index in [0.717, 1.165) is 42.1 Å². The van der Waals surface area contributed by atoms with E-state index in [2.05, 4.69) is 20.3 Å². The van der Waals surface area contributed by atoms with Crippen molar-refractivity contribution in [1.82, 2.24) is 14.8 Å². The summed E-state index contributed by atoms with van der Waals surface area (Å²) >= 11 is 0.936. The predicted octanol–water partition coefficient (Wildman–Crippen LogP) is 2.53. The largest absolute Gasteiger partial charge is 0.389 e. The number of aromatic nitrogens is 3. The Bertz CT molecular complexity index is 1160. The molecular weight excluding hydrogens is 464 g/mol. The maximum atomic E-state index is 14.1. The Morgan fingerprint density at radius 3 is 2.79 bits per heavy atom. The number of aryl methyl sites for hydroxylation is 1. The quantitative estimate of drug-likeness (QED) is 0.484. The van der Waals surface area contributed by atoms with Crippen molar-refractivity contribution in [2.75, 3.05) is 36.1 Å². The van der Waals surface area contributed by atoms with Gasteiger partial charge in [0.2, 0.25) is 5.91 Å². The number of rotatable bonds is 6. The van der Waals surface area contributed by atoms with Crippen molar-refractivity contribution in [3.05, 3.63) is 41.7 Å². The fraction of sp³-hybridized carbons (Fsp3) is 0.409. The average molecular weight is 492 g/mol. The smallest absolute Gasteiger partial charge is 0.230 e. The zero-order valence-corrected chi connectivity index (χ0v) is 19.7. The van der Waals surface area contributed by atoms with Gasteiger partial charge < -0.3 is 26.4 Å². The first-order valence-electron chi connectivity index (χ1n) is 10.8. The molecule has 5 N–H and O–H groups in total. The van der Waals surface area contributed by atoms with Crippen LogP contribution in [0.2, 0.25) is 0 Å². The maximum absolute atomic E-state index is 14.1. The van der Waals surface area contributed by atoms with E-state index in [0.29, 0.717) is 18.8 Å². The van der Waals surface area contributed by atoms with E-state index in [1.165, 1.54) is 6.07 Å². The first-order valence-corrected chi connectivity index (χ1v) is 11.6. The van der Waals surface area contributed by atoms with Gasteiger partial charge in [-0.15, -0.1) is 0 Å². The highest BCUT2D eigenvalue weighted by atomic mass is 32.1. The number of amides is 1. The second kappa shape index (κ2) is 10.0. The summed E-state index contributed by atoms with van der Waals surface area (Å²) in [6.07, 6.45) is 2.91. The van der Waals surface area contributed by atoms with Gasteiger partial charge in [0.25, 0.3) is 0 Å². The van der Waals surface area contributed by atoms with E-state index in [1.807, 2.05) is 0 Å². The van der Waals surface area contributed by atoms with Crippen molar-refractivity contribution >= 4 is 33.8 Å². The highest BCUT2D eigenvalue weighted by Gasteiger charge is 2.27. The van der Waals surface area contributed by atoms with Gasteiger partial charge in [-0.05, 0) is 25.0 Å². The molecule has 34 heavy (non-hydrogen) atoms. The van der Waals surface area contributed by atoms with Crippen LogP contribution in [0, 0.1) is 11.6 Å². The third kappa shape index (κ3) is 5.03. The Morgan fingerprint density at radius 2 is 2.09 bits per heavy atom. The number of carbonyl (C=O) groups excluding carboxylic acids is 1. The maximum Gasteiger partial charge on any atom is 0.230 e. The average Bonchev–Trinajstić information content (AvgIpc) is 3.24. The van der Waals surface area contributed by atoms with E-state index in [4.69, 9.17) is 16.2 Å². The molecule has 1 aromatic carbocycles. The van der Waals surface area contributed by atoms with Crippen molar-refractivity contribution in [2.24, 2.45) is 12.8 Å². The molecule has 0 saturated carbocycles. The van der Waals surface area contributed by atoms with Crippen molar-refractivity contribution < 1.29 is 18.3 Å². The summed E-state index contributed by atoms with van der Waals surface area (Å²) < 4.78 is 35.5. The molecule has 1 aliphatic rings. The molecule has 2 atom stereocenters. The molecule has 1 amide bonds. The second-order valence-corrected chi connectivity index (χ2v) is 9.28. The van der Waals surface area contributed by atoms with Gasteiger partial charge in [-0.3, -0.25) is 9.48 Å². The molecule has 2 unspecified atom stereocenters. The van der Waals surface area contributed by atoms with Crippen molar-refractivity contribution in [1.29, 1.82) is 0 Å². The molecule has 0 radical (unpaired) electrons. The molecule has 3 heterocycles. The van der Waals surface area contributed by atoms with Crippen LogP contribution in [-0.4, -0.2) is 53.0 Å². The topological polar surface area (TPSA) is 124 Å². The number of hydrogen-bond donors (Lipinski definition) is 3. The Hall–Kier alpha value is -3.09. The van der Waals surface area contributed by atoms with Crippen molar-refractivity contribution in [2.45, 2.75) is 31.4 Å². The monoisotopic (exact) mass is 491 g/mol. The number of anilines is 3. The van der Waals surface area contributed by atoms with Crippen molar-refractivity contribution in [3.8, 4) is 10.6 Å². The van der Waals surface area contributed by atoms with Gasteiger partial charge in [0.05, 0.1) is 30.0 Å². The summed E-state index contributed by atoms with van der Waals surface area (Å²) in [4.78, 5) is 19.2. The second-order valence-electron chi connectivity index (χ2n) is 8.25. The molecule has 1 fully saturated rings. The van der Waals surface area contributed by atoms with Crippen LogP contribution in [0.1, 0.15) is 18.5 Å². The number of nitrogens with zero attached hydrogens (tertiary/aromatic N) is 4. The number of benzene rings is 1. The minimum absolute atomic E-state index is 0.0299. The van der Waals surface area contributed by atoms with Gasteiger partial charge in [-0.2, -0.15) is 5.10 Å². The van der Waals surface area contributed by atoms with E-state index < -0.39 is 11.6 Å². The standard InChI is InChI=1S/C22H27F2N7O2S/c1-30-22(31-7-6-12(25)8-13(11-31)33-2)17(10-27-30)28-18(32)9-16-20(26)34-21(29-16)19-14(23)4-3-5-15(19)24/h3-5,10,12-13H,6-9,11,25-26H2,1-2H3,(H,28,32). The molecule has 182 valence electrons. The van der Waals surface area contributed by atoms with Crippen molar-refractivity contribution in [3.63, 3.8) is 0 Å². The number of carbonyl (C=O) groups is 1.